The summed E-state index contributed by atoms with van der Waals surface area (Å²) in [7, 11) is 0. The number of carbonyl (C=O) groups is 1. The molecular weight excluding hydrogens is 514 g/mol. The first-order valence-corrected chi connectivity index (χ1v) is 10.6. The first-order valence-electron chi connectivity index (χ1n) is 10.6. The van der Waals surface area contributed by atoms with Crippen LogP contribution in [0.2, 0.25) is 0 Å². The molecule has 1 aliphatic heterocycles. The number of amides is 1. The van der Waals surface area contributed by atoms with Crippen LogP contribution < -0.4 is 16.0 Å². The summed E-state index contributed by atoms with van der Waals surface area (Å²) in [4.78, 5) is 16.5. The average Bonchev–Trinajstić information content (AvgIpc) is 2.68. The molecule has 1 aliphatic rings. The fourth-order valence-electron chi connectivity index (χ4n) is 3.35. The molecule has 0 atom stereocenters. The Morgan fingerprint density at radius 2 is 1.87 bits per heavy atom. The van der Waals surface area contributed by atoms with Gasteiger partial charge in [-0.25, -0.2) is 9.18 Å². The normalized spacial score (nSPS) is 16.1. The topological polar surface area (TPSA) is 84.0 Å². The third-order valence-electron chi connectivity index (χ3n) is 4.86. The van der Waals surface area contributed by atoms with Crippen molar-refractivity contribution in [1.82, 2.24) is 16.0 Å². The lowest BCUT2D eigenvalue weighted by Gasteiger charge is -2.36. The number of ether oxygens (including phenoxy) is 2. The maximum atomic E-state index is 13.8. The van der Waals surface area contributed by atoms with Gasteiger partial charge in [-0.1, -0.05) is 12.1 Å². The van der Waals surface area contributed by atoms with Crippen LogP contribution in [0, 0.1) is 5.82 Å². The molecule has 1 heterocycles. The first kappa shape index (κ1) is 27.4. The van der Waals surface area contributed by atoms with Crippen molar-refractivity contribution in [2.45, 2.75) is 51.6 Å². The zero-order valence-corrected chi connectivity index (χ0v) is 21.3. The van der Waals surface area contributed by atoms with E-state index in [1.807, 2.05) is 33.8 Å². The fourth-order valence-corrected chi connectivity index (χ4v) is 3.35. The summed E-state index contributed by atoms with van der Waals surface area (Å²) in [6.45, 7) is 10.9. The first-order chi connectivity index (χ1) is 14.2. The Balaban J connectivity index is 0.00000480. The quantitative estimate of drug-likeness (QED) is 0.209. The van der Waals surface area contributed by atoms with Crippen molar-refractivity contribution in [3.63, 3.8) is 0 Å². The summed E-state index contributed by atoms with van der Waals surface area (Å²) >= 11 is 0. The molecule has 1 aromatic rings. The number of guanidine groups is 1. The number of halogens is 2. The summed E-state index contributed by atoms with van der Waals surface area (Å²) in [5.74, 6) is 0.423. The second kappa shape index (κ2) is 13.0. The van der Waals surface area contributed by atoms with E-state index in [-0.39, 0.29) is 35.2 Å². The van der Waals surface area contributed by atoms with Gasteiger partial charge in [0.1, 0.15) is 11.4 Å². The molecule has 0 radical (unpaired) electrons. The number of alkyl carbamates (subject to hydrolysis) is 1. The minimum atomic E-state index is -0.525. The van der Waals surface area contributed by atoms with Crippen molar-refractivity contribution in [2.75, 3.05) is 39.4 Å². The van der Waals surface area contributed by atoms with Crippen molar-refractivity contribution in [3.05, 3.63) is 35.6 Å². The van der Waals surface area contributed by atoms with E-state index < -0.39 is 11.7 Å². The lowest BCUT2D eigenvalue weighted by atomic mass is 9.74. The highest BCUT2D eigenvalue weighted by Crippen LogP contribution is 2.35. The number of rotatable bonds is 7. The van der Waals surface area contributed by atoms with Gasteiger partial charge >= 0.3 is 6.09 Å². The summed E-state index contributed by atoms with van der Waals surface area (Å²) in [5.41, 5.74) is 0.178. The number of benzene rings is 1. The molecular formula is C22H36FIN4O3. The molecule has 0 aliphatic carbocycles. The van der Waals surface area contributed by atoms with Crippen LogP contribution in [0.5, 0.6) is 0 Å². The molecule has 3 N–H and O–H groups in total. The molecule has 7 nitrogen and oxygen atoms in total. The van der Waals surface area contributed by atoms with Crippen molar-refractivity contribution in [3.8, 4) is 0 Å². The second-order valence-corrected chi connectivity index (χ2v) is 8.45. The Morgan fingerprint density at radius 3 is 2.48 bits per heavy atom. The van der Waals surface area contributed by atoms with E-state index in [2.05, 4.69) is 16.0 Å². The van der Waals surface area contributed by atoms with Crippen LogP contribution in [0.1, 0.15) is 46.1 Å². The standard InChI is InChI=1S/C22H35FN4O3.HI/c1-5-24-19(25-11-12-26-20(28)30-21(2,3)4)27-16-22(9-13-29-14-10-22)17-7-6-8-18(23)15-17;/h6-8,15H,5,9-14,16H2,1-4H3,(H,26,28)(H2,24,25,27);1H. The summed E-state index contributed by atoms with van der Waals surface area (Å²) in [5, 5.41) is 9.16. The van der Waals surface area contributed by atoms with Gasteiger partial charge in [0.15, 0.2) is 5.96 Å². The lowest BCUT2D eigenvalue weighted by Crippen LogP contribution is -2.44. The van der Waals surface area contributed by atoms with Crippen molar-refractivity contribution >= 4 is 36.0 Å². The number of carbonyl (C=O) groups excluding carboxylic acids is 1. The van der Waals surface area contributed by atoms with Crippen LogP contribution in [0.4, 0.5) is 9.18 Å². The van der Waals surface area contributed by atoms with Gasteiger partial charge < -0.3 is 25.4 Å². The Morgan fingerprint density at radius 1 is 1.19 bits per heavy atom. The highest BCUT2D eigenvalue weighted by atomic mass is 127. The van der Waals surface area contributed by atoms with E-state index in [1.54, 1.807) is 12.1 Å². The molecule has 1 fully saturated rings. The number of hydrogen-bond acceptors (Lipinski definition) is 4. The number of nitrogens with one attached hydrogen (secondary N) is 3. The highest BCUT2D eigenvalue weighted by Gasteiger charge is 2.34. The van der Waals surface area contributed by atoms with E-state index in [9.17, 15) is 9.18 Å². The number of hydrogen-bond donors (Lipinski definition) is 3. The lowest BCUT2D eigenvalue weighted by molar-refractivity contribution is 0.0527. The predicted octanol–water partition coefficient (Wildman–Crippen LogP) is 3.57. The Hall–Kier alpha value is -1.62. The van der Waals surface area contributed by atoms with Crippen LogP contribution in [-0.4, -0.2) is 57.0 Å². The molecule has 1 saturated heterocycles. The highest BCUT2D eigenvalue weighted by molar-refractivity contribution is 14.0. The van der Waals surface area contributed by atoms with E-state index in [0.29, 0.717) is 45.4 Å². The van der Waals surface area contributed by atoms with Gasteiger partial charge in [0.25, 0.3) is 0 Å². The number of aliphatic imine (C=N–C) groups is 1. The summed E-state index contributed by atoms with van der Waals surface area (Å²) < 4.78 is 24.6. The van der Waals surface area contributed by atoms with Gasteiger partial charge in [-0.3, -0.25) is 4.99 Å². The van der Waals surface area contributed by atoms with E-state index in [0.717, 1.165) is 18.4 Å². The largest absolute Gasteiger partial charge is 0.444 e. The molecule has 0 aromatic heterocycles. The van der Waals surface area contributed by atoms with Gasteiger partial charge in [-0.05, 0) is 58.2 Å². The molecule has 1 aromatic carbocycles. The Kier molecular flexibility index (Phi) is 11.5. The Bertz CT molecular complexity index is 719. The Labute approximate surface area is 202 Å². The van der Waals surface area contributed by atoms with E-state index in [1.165, 1.54) is 6.07 Å². The van der Waals surface area contributed by atoms with E-state index >= 15 is 0 Å². The van der Waals surface area contributed by atoms with Crippen molar-refractivity contribution in [2.24, 2.45) is 4.99 Å². The van der Waals surface area contributed by atoms with E-state index in [4.69, 9.17) is 14.5 Å². The van der Waals surface area contributed by atoms with Crippen LogP contribution in [0.3, 0.4) is 0 Å². The minimum Gasteiger partial charge on any atom is -0.444 e. The van der Waals surface area contributed by atoms with Crippen molar-refractivity contribution in [1.29, 1.82) is 0 Å². The smallest absolute Gasteiger partial charge is 0.407 e. The second-order valence-electron chi connectivity index (χ2n) is 8.45. The SMILES string of the molecule is CCNC(=NCC1(c2cccc(F)c2)CCOCC1)NCCNC(=O)OC(C)(C)C.I. The molecule has 0 unspecified atom stereocenters. The molecule has 1 amide bonds. The zero-order valence-electron chi connectivity index (χ0n) is 18.9. The van der Waals surface area contributed by atoms with Crippen LogP contribution in [0.15, 0.2) is 29.3 Å². The zero-order chi connectivity index (χ0) is 22.0. The van der Waals surface area contributed by atoms with Gasteiger partial charge in [0.2, 0.25) is 0 Å². The van der Waals surface area contributed by atoms with Crippen LogP contribution in [-0.2, 0) is 14.9 Å². The molecule has 2 rings (SSSR count). The summed E-state index contributed by atoms with van der Waals surface area (Å²) in [6.07, 6.45) is 1.14. The predicted molar refractivity (Wildman–Crippen MR) is 132 cm³/mol. The third kappa shape index (κ3) is 9.59. The van der Waals surface area contributed by atoms with Gasteiger partial charge in [0, 0.05) is 38.3 Å². The third-order valence-corrected chi connectivity index (χ3v) is 4.86. The number of nitrogens with zero attached hydrogens (tertiary/aromatic N) is 1. The minimum absolute atomic E-state index is 0. The van der Waals surface area contributed by atoms with Crippen LogP contribution >= 0.6 is 24.0 Å². The maximum absolute atomic E-state index is 13.8. The molecule has 0 saturated carbocycles. The fraction of sp³-hybridized carbons (Fsp3) is 0.636. The van der Waals surface area contributed by atoms with Crippen molar-refractivity contribution < 1.29 is 18.7 Å². The molecule has 0 spiro atoms. The average molecular weight is 550 g/mol. The molecule has 31 heavy (non-hydrogen) atoms. The molecule has 0 bridgehead atoms. The van der Waals surface area contributed by atoms with Crippen LogP contribution in [0.25, 0.3) is 0 Å². The monoisotopic (exact) mass is 550 g/mol. The van der Waals surface area contributed by atoms with Gasteiger partial charge in [0.05, 0.1) is 6.54 Å². The molecule has 9 heteroatoms. The molecule has 176 valence electrons. The van der Waals surface area contributed by atoms with Gasteiger partial charge in [-0.2, -0.15) is 0 Å². The maximum Gasteiger partial charge on any atom is 0.407 e. The van der Waals surface area contributed by atoms with Gasteiger partial charge in [-0.15, -0.1) is 24.0 Å². The summed E-state index contributed by atoms with van der Waals surface area (Å²) in [6, 6.07) is 6.78.